The quantitative estimate of drug-likeness (QED) is 0.549. The van der Waals surface area contributed by atoms with Gasteiger partial charge in [-0.25, -0.2) is 4.98 Å². The van der Waals surface area contributed by atoms with E-state index in [9.17, 15) is 4.79 Å². The van der Waals surface area contributed by atoms with Crippen molar-refractivity contribution in [3.63, 3.8) is 0 Å². The topological polar surface area (TPSA) is 85.6 Å². The van der Waals surface area contributed by atoms with Crippen molar-refractivity contribution in [1.82, 2.24) is 30.3 Å². The molecule has 0 unspecified atom stereocenters. The molecule has 29 heavy (non-hydrogen) atoms. The summed E-state index contributed by atoms with van der Waals surface area (Å²) in [6, 6.07) is 9.85. The maximum Gasteiger partial charge on any atom is 0.274 e. The first-order chi connectivity index (χ1) is 14.0. The van der Waals surface area contributed by atoms with Gasteiger partial charge in [-0.15, -0.1) is 16.4 Å². The van der Waals surface area contributed by atoms with Crippen molar-refractivity contribution in [1.29, 1.82) is 0 Å². The van der Waals surface area contributed by atoms with Crippen LogP contribution >= 0.6 is 11.3 Å². The number of pyridine rings is 1. The molecule has 8 heteroatoms. The summed E-state index contributed by atoms with van der Waals surface area (Å²) in [6.45, 7) is 6.16. The Bertz CT molecular complexity index is 1170. The number of carbonyl (C=O) groups excluding carboxylic acids is 1. The number of aromatic nitrogens is 5. The van der Waals surface area contributed by atoms with Crippen molar-refractivity contribution < 1.29 is 4.79 Å². The highest BCUT2D eigenvalue weighted by Crippen LogP contribution is 2.21. The van der Waals surface area contributed by atoms with Crippen molar-refractivity contribution in [3.05, 3.63) is 75.6 Å². The summed E-state index contributed by atoms with van der Waals surface area (Å²) < 4.78 is 0. The lowest BCUT2D eigenvalue weighted by Crippen LogP contribution is -2.24. The van der Waals surface area contributed by atoms with Crippen molar-refractivity contribution in [2.45, 2.75) is 27.3 Å². The Balaban J connectivity index is 1.47. The predicted octanol–water partition coefficient (Wildman–Crippen LogP) is 3.64. The number of nitrogens with one attached hydrogen (secondary N) is 1. The van der Waals surface area contributed by atoms with E-state index in [1.54, 1.807) is 19.3 Å². The van der Waals surface area contributed by atoms with Gasteiger partial charge in [-0.3, -0.25) is 9.78 Å². The number of hydrogen-bond acceptors (Lipinski definition) is 6. The van der Waals surface area contributed by atoms with E-state index in [-0.39, 0.29) is 5.91 Å². The molecule has 1 N–H and O–H groups in total. The average Bonchev–Trinajstić information content (AvgIpc) is 3.34. The number of nitrogens with zero attached hydrogens (tertiary/aromatic N) is 5. The molecule has 0 saturated carbocycles. The van der Waals surface area contributed by atoms with Crippen LogP contribution in [0.1, 0.15) is 32.3 Å². The zero-order valence-electron chi connectivity index (χ0n) is 16.4. The summed E-state index contributed by atoms with van der Waals surface area (Å²) in [5.74, 6) is -0.265. The molecule has 0 bridgehead atoms. The molecule has 146 valence electrons. The van der Waals surface area contributed by atoms with E-state index >= 15 is 0 Å². The van der Waals surface area contributed by atoms with Crippen molar-refractivity contribution >= 4 is 17.2 Å². The first-order valence-corrected chi connectivity index (χ1v) is 10.0. The van der Waals surface area contributed by atoms with E-state index in [4.69, 9.17) is 0 Å². The van der Waals surface area contributed by atoms with Gasteiger partial charge in [0.25, 0.3) is 5.91 Å². The van der Waals surface area contributed by atoms with Gasteiger partial charge in [0.2, 0.25) is 0 Å². The van der Waals surface area contributed by atoms with Crippen molar-refractivity contribution in [3.8, 4) is 16.9 Å². The van der Waals surface area contributed by atoms with E-state index in [1.807, 2.05) is 43.5 Å². The molecular formula is C21H20N6OS. The van der Waals surface area contributed by atoms with Crippen LogP contribution in [0.15, 0.2) is 48.1 Å². The van der Waals surface area contributed by atoms with Crippen LogP contribution in [0.4, 0.5) is 0 Å². The molecule has 7 nitrogen and oxygen atoms in total. The Morgan fingerprint density at radius 2 is 1.90 bits per heavy atom. The molecule has 4 rings (SSSR count). The molecule has 1 aromatic carbocycles. The van der Waals surface area contributed by atoms with Crippen LogP contribution in [0.3, 0.4) is 0 Å². The fraction of sp³-hybridized carbons (Fsp3) is 0.190. The fourth-order valence-corrected chi connectivity index (χ4v) is 3.76. The number of benzene rings is 1. The van der Waals surface area contributed by atoms with Gasteiger partial charge in [0.1, 0.15) is 5.01 Å². The van der Waals surface area contributed by atoms with Gasteiger partial charge in [-0.1, -0.05) is 17.7 Å². The van der Waals surface area contributed by atoms with Gasteiger partial charge >= 0.3 is 0 Å². The molecular weight excluding hydrogens is 384 g/mol. The van der Waals surface area contributed by atoms with E-state index < -0.39 is 0 Å². The second kappa shape index (κ2) is 7.92. The Morgan fingerprint density at radius 3 is 2.66 bits per heavy atom. The summed E-state index contributed by atoms with van der Waals surface area (Å²) in [6.07, 6.45) is 3.47. The van der Waals surface area contributed by atoms with Gasteiger partial charge in [0.05, 0.1) is 23.6 Å². The predicted molar refractivity (Wildman–Crippen MR) is 112 cm³/mol. The fourth-order valence-electron chi connectivity index (χ4n) is 3.01. The summed E-state index contributed by atoms with van der Waals surface area (Å²) in [7, 11) is 0. The lowest BCUT2D eigenvalue weighted by Gasteiger charge is -2.05. The summed E-state index contributed by atoms with van der Waals surface area (Å²) >= 11 is 1.50. The molecule has 0 aliphatic heterocycles. The van der Waals surface area contributed by atoms with Gasteiger partial charge in [-0.05, 0) is 44.5 Å². The molecule has 3 heterocycles. The molecule has 0 atom stereocenters. The number of aryl methyl sites for hydroxylation is 3. The second-order valence-electron chi connectivity index (χ2n) is 6.76. The molecule has 0 radical (unpaired) electrons. The maximum atomic E-state index is 12.6. The number of carbonyl (C=O) groups is 1. The van der Waals surface area contributed by atoms with Crippen molar-refractivity contribution in [2.75, 3.05) is 0 Å². The third-order valence-electron chi connectivity index (χ3n) is 4.49. The minimum atomic E-state index is -0.265. The Labute approximate surface area is 172 Å². The Kier molecular flexibility index (Phi) is 5.18. The van der Waals surface area contributed by atoms with Crippen molar-refractivity contribution in [2.24, 2.45) is 0 Å². The monoisotopic (exact) mass is 404 g/mol. The van der Waals surface area contributed by atoms with Gasteiger partial charge in [-0.2, -0.15) is 9.90 Å². The molecule has 3 aromatic heterocycles. The average molecular weight is 404 g/mol. The summed E-state index contributed by atoms with van der Waals surface area (Å²) in [5, 5.41) is 14.5. The minimum absolute atomic E-state index is 0.265. The third kappa shape index (κ3) is 4.07. The first-order valence-electron chi connectivity index (χ1n) is 9.16. The number of amides is 1. The zero-order valence-corrected chi connectivity index (χ0v) is 17.2. The van der Waals surface area contributed by atoms with E-state index in [0.29, 0.717) is 17.9 Å². The van der Waals surface area contributed by atoms with E-state index in [0.717, 1.165) is 27.5 Å². The van der Waals surface area contributed by atoms with Crippen LogP contribution in [0, 0.1) is 20.8 Å². The molecule has 0 aliphatic carbocycles. The second-order valence-corrected chi connectivity index (χ2v) is 7.70. The molecule has 1 amide bonds. The van der Waals surface area contributed by atoms with Crippen LogP contribution in [0.25, 0.3) is 16.9 Å². The maximum absolute atomic E-state index is 12.6. The van der Waals surface area contributed by atoms with Crippen LogP contribution in [-0.4, -0.2) is 30.9 Å². The van der Waals surface area contributed by atoms with E-state index in [1.165, 1.54) is 21.7 Å². The highest BCUT2D eigenvalue weighted by Gasteiger charge is 2.17. The molecule has 0 saturated heterocycles. The first kappa shape index (κ1) is 18.9. The Morgan fingerprint density at radius 1 is 1.10 bits per heavy atom. The highest BCUT2D eigenvalue weighted by atomic mass is 32.1. The molecule has 0 aliphatic rings. The SMILES string of the molecule is Cc1ccc(-n2nc(C)c(C(=O)NCc3nc(-c4ccncc4)cs3)n2)c(C)c1. The smallest absolute Gasteiger partial charge is 0.274 e. The Hall–Kier alpha value is -3.39. The lowest BCUT2D eigenvalue weighted by molar-refractivity contribution is 0.0945. The van der Waals surface area contributed by atoms with Crippen LogP contribution in [0.5, 0.6) is 0 Å². The van der Waals surface area contributed by atoms with Crippen LogP contribution in [-0.2, 0) is 6.54 Å². The van der Waals surface area contributed by atoms with Gasteiger partial charge in [0.15, 0.2) is 5.69 Å². The van der Waals surface area contributed by atoms with Crippen LogP contribution in [0.2, 0.25) is 0 Å². The number of thiazole rings is 1. The standard InChI is InChI=1S/C21H20N6OS/c1-13-4-5-18(14(2)10-13)27-25-15(3)20(26-27)21(28)23-11-19-24-17(12-29-19)16-6-8-22-9-7-16/h4-10,12H,11H2,1-3H3,(H,23,28). The zero-order chi connectivity index (χ0) is 20.4. The number of rotatable bonds is 5. The lowest BCUT2D eigenvalue weighted by atomic mass is 10.1. The normalized spacial score (nSPS) is 10.9. The van der Waals surface area contributed by atoms with Crippen LogP contribution < -0.4 is 5.32 Å². The number of hydrogen-bond donors (Lipinski definition) is 1. The van der Waals surface area contributed by atoms with Gasteiger partial charge in [0, 0.05) is 23.3 Å². The molecule has 0 spiro atoms. The molecule has 0 fully saturated rings. The largest absolute Gasteiger partial charge is 0.344 e. The minimum Gasteiger partial charge on any atom is -0.344 e. The third-order valence-corrected chi connectivity index (χ3v) is 5.34. The summed E-state index contributed by atoms with van der Waals surface area (Å²) in [4.78, 5) is 22.8. The summed E-state index contributed by atoms with van der Waals surface area (Å²) in [5.41, 5.74) is 5.86. The van der Waals surface area contributed by atoms with E-state index in [2.05, 4.69) is 31.5 Å². The van der Waals surface area contributed by atoms with Gasteiger partial charge < -0.3 is 5.32 Å². The highest BCUT2D eigenvalue weighted by molar-refractivity contribution is 7.09. The molecule has 4 aromatic rings.